The fraction of sp³-hybridized carbons (Fsp3) is 0.667. The Balaban J connectivity index is 1.41. The summed E-state index contributed by atoms with van der Waals surface area (Å²) < 4.78 is 20.7. The van der Waals surface area contributed by atoms with Crippen molar-refractivity contribution in [3.05, 3.63) is 35.9 Å². The van der Waals surface area contributed by atoms with Gasteiger partial charge in [0.15, 0.2) is 0 Å². The van der Waals surface area contributed by atoms with E-state index in [2.05, 4.69) is 40.4 Å². The maximum atomic E-state index is 11.4. The van der Waals surface area contributed by atoms with Crippen LogP contribution in [0.25, 0.3) is 0 Å². The van der Waals surface area contributed by atoms with Crippen LogP contribution in [-0.4, -0.2) is 41.8 Å². The summed E-state index contributed by atoms with van der Waals surface area (Å²) in [6.07, 6.45) is 7.81. The van der Waals surface area contributed by atoms with Crippen LogP contribution in [0.4, 0.5) is 0 Å². The van der Waals surface area contributed by atoms with Gasteiger partial charge in [-0.25, -0.2) is 8.93 Å². The van der Waals surface area contributed by atoms with Crippen LogP contribution in [0.5, 0.6) is 0 Å². The van der Waals surface area contributed by atoms with Crippen molar-refractivity contribution in [2.75, 3.05) is 19.4 Å². The molecule has 1 aromatic rings. The molecule has 1 saturated carbocycles. The first-order valence-electron chi connectivity index (χ1n) is 8.72. The maximum Gasteiger partial charge on any atom is 0.0886 e. The molecule has 3 unspecified atom stereocenters. The van der Waals surface area contributed by atoms with Crippen LogP contribution in [0.3, 0.4) is 0 Å². The molecule has 0 amide bonds. The first-order chi connectivity index (χ1) is 11.2. The number of benzene rings is 1. The van der Waals surface area contributed by atoms with Crippen LogP contribution in [0.15, 0.2) is 30.3 Å². The first-order valence-corrected chi connectivity index (χ1v) is 10.3. The van der Waals surface area contributed by atoms with E-state index in [1.807, 2.05) is 0 Å². The van der Waals surface area contributed by atoms with Crippen LogP contribution < -0.4 is 10.0 Å². The minimum atomic E-state index is -0.956. The van der Waals surface area contributed by atoms with Crippen molar-refractivity contribution in [3.8, 4) is 0 Å². The topological polar surface area (TPSA) is 50.4 Å². The molecule has 1 heterocycles. The number of ether oxygens (including phenoxy) is 1. The highest BCUT2D eigenvalue weighted by Gasteiger charge is 2.29. The molecule has 0 aromatic heterocycles. The molecule has 4 nitrogen and oxygen atoms in total. The zero-order valence-corrected chi connectivity index (χ0v) is 14.7. The van der Waals surface area contributed by atoms with Gasteiger partial charge in [0.05, 0.1) is 23.7 Å². The van der Waals surface area contributed by atoms with Crippen LogP contribution in [0, 0.1) is 0 Å². The second-order valence-corrected chi connectivity index (χ2v) is 7.89. The van der Waals surface area contributed by atoms with E-state index in [-0.39, 0.29) is 12.1 Å². The molecule has 2 fully saturated rings. The zero-order valence-electron chi connectivity index (χ0n) is 13.9. The van der Waals surface area contributed by atoms with E-state index in [1.54, 1.807) is 6.26 Å². The predicted octanol–water partition coefficient (Wildman–Crippen LogP) is 2.34. The van der Waals surface area contributed by atoms with E-state index >= 15 is 0 Å². The van der Waals surface area contributed by atoms with E-state index in [1.165, 1.54) is 18.4 Å². The van der Waals surface area contributed by atoms with Gasteiger partial charge in [-0.05, 0) is 50.1 Å². The molecule has 2 N–H and O–H groups in total. The summed E-state index contributed by atoms with van der Waals surface area (Å²) in [4.78, 5) is 0. The summed E-state index contributed by atoms with van der Waals surface area (Å²) in [7, 11) is -0.956. The van der Waals surface area contributed by atoms with Crippen molar-refractivity contribution in [1.82, 2.24) is 10.0 Å². The lowest BCUT2D eigenvalue weighted by atomic mass is 9.83. The van der Waals surface area contributed by atoms with Crippen molar-refractivity contribution >= 4 is 11.0 Å². The maximum absolute atomic E-state index is 11.4. The molecule has 1 aliphatic carbocycles. The molecular formula is C18H28N2O2S. The van der Waals surface area contributed by atoms with Crippen molar-refractivity contribution in [2.45, 2.75) is 56.2 Å². The van der Waals surface area contributed by atoms with Gasteiger partial charge in [0.2, 0.25) is 0 Å². The van der Waals surface area contributed by atoms with Gasteiger partial charge in [-0.15, -0.1) is 0 Å². The van der Waals surface area contributed by atoms with Gasteiger partial charge in [-0.2, -0.15) is 0 Å². The minimum Gasteiger partial charge on any atom is -0.377 e. The molecule has 1 aliphatic heterocycles. The Morgan fingerprint density at radius 2 is 1.91 bits per heavy atom. The molecule has 3 atom stereocenters. The Morgan fingerprint density at radius 3 is 2.61 bits per heavy atom. The second-order valence-electron chi connectivity index (χ2n) is 6.75. The van der Waals surface area contributed by atoms with E-state index in [0.29, 0.717) is 12.0 Å². The fourth-order valence-corrected chi connectivity index (χ4v) is 4.53. The Morgan fingerprint density at radius 1 is 1.17 bits per heavy atom. The summed E-state index contributed by atoms with van der Waals surface area (Å²) in [5.74, 6) is 0.692. The van der Waals surface area contributed by atoms with Gasteiger partial charge in [0.25, 0.3) is 0 Å². The molecule has 5 heteroatoms. The summed E-state index contributed by atoms with van der Waals surface area (Å²) in [6.45, 7) is 1.69. The number of nitrogens with one attached hydrogen (secondary N) is 2. The second kappa shape index (κ2) is 8.38. The van der Waals surface area contributed by atoms with Gasteiger partial charge in [0, 0.05) is 18.3 Å². The van der Waals surface area contributed by atoms with Gasteiger partial charge in [0.1, 0.15) is 0 Å². The third kappa shape index (κ3) is 4.86. The largest absolute Gasteiger partial charge is 0.377 e. The quantitative estimate of drug-likeness (QED) is 0.838. The summed E-state index contributed by atoms with van der Waals surface area (Å²) >= 11 is 0. The highest BCUT2D eigenvalue weighted by Crippen LogP contribution is 2.33. The number of hydrogen-bond donors (Lipinski definition) is 2. The summed E-state index contributed by atoms with van der Waals surface area (Å²) in [5, 5.41) is 3.46. The van der Waals surface area contributed by atoms with Gasteiger partial charge in [-0.1, -0.05) is 30.3 Å². The third-order valence-corrected chi connectivity index (χ3v) is 5.76. The van der Waals surface area contributed by atoms with Gasteiger partial charge < -0.3 is 10.1 Å². The SMILES string of the molecule is CS(=O)NC1CCNC1COC1CCC(c2ccccc2)CC1. The van der Waals surface area contributed by atoms with E-state index < -0.39 is 11.0 Å². The molecule has 0 spiro atoms. The van der Waals surface area contributed by atoms with Crippen molar-refractivity contribution in [3.63, 3.8) is 0 Å². The molecule has 128 valence electrons. The molecule has 3 rings (SSSR count). The molecule has 0 bridgehead atoms. The van der Waals surface area contributed by atoms with Crippen LogP contribution in [-0.2, 0) is 15.7 Å². The van der Waals surface area contributed by atoms with E-state index in [0.717, 1.165) is 32.4 Å². The lowest BCUT2D eigenvalue weighted by molar-refractivity contribution is 0.0127. The van der Waals surface area contributed by atoms with E-state index in [4.69, 9.17) is 4.74 Å². The van der Waals surface area contributed by atoms with Crippen molar-refractivity contribution in [1.29, 1.82) is 0 Å². The lowest BCUT2D eigenvalue weighted by Gasteiger charge is -2.30. The molecule has 1 saturated heterocycles. The Bertz CT molecular complexity index is 503. The number of rotatable bonds is 6. The van der Waals surface area contributed by atoms with Crippen molar-refractivity contribution < 1.29 is 8.95 Å². The van der Waals surface area contributed by atoms with Crippen LogP contribution in [0.2, 0.25) is 0 Å². The number of hydrogen-bond acceptors (Lipinski definition) is 3. The minimum absolute atomic E-state index is 0.265. The molecule has 1 aromatic carbocycles. The monoisotopic (exact) mass is 336 g/mol. The molecular weight excluding hydrogens is 308 g/mol. The van der Waals surface area contributed by atoms with Crippen LogP contribution in [0.1, 0.15) is 43.6 Å². The highest BCUT2D eigenvalue weighted by molar-refractivity contribution is 7.82. The van der Waals surface area contributed by atoms with Crippen molar-refractivity contribution in [2.24, 2.45) is 0 Å². The van der Waals surface area contributed by atoms with Gasteiger partial charge in [-0.3, -0.25) is 0 Å². The fourth-order valence-electron chi connectivity index (χ4n) is 3.82. The molecule has 23 heavy (non-hydrogen) atoms. The normalized spacial score (nSPS) is 32.7. The smallest absolute Gasteiger partial charge is 0.0886 e. The first kappa shape index (κ1) is 17.1. The zero-order chi connectivity index (χ0) is 16.1. The standard InChI is InChI=1S/C18H28N2O2S/c1-23(21)20-17-11-12-19-18(17)13-22-16-9-7-15(8-10-16)14-5-3-2-4-6-14/h2-6,15-20H,7-13H2,1H3. The Kier molecular flexibility index (Phi) is 6.22. The average Bonchev–Trinajstić information content (AvgIpc) is 3.00. The van der Waals surface area contributed by atoms with E-state index in [9.17, 15) is 4.21 Å². The van der Waals surface area contributed by atoms with Gasteiger partial charge >= 0.3 is 0 Å². The third-order valence-electron chi connectivity index (χ3n) is 5.12. The summed E-state index contributed by atoms with van der Waals surface area (Å²) in [6, 6.07) is 11.4. The Labute approximate surface area is 142 Å². The molecule has 0 radical (unpaired) electrons. The highest BCUT2D eigenvalue weighted by atomic mass is 32.2. The molecule has 2 aliphatic rings. The Hall–Kier alpha value is -0.750. The lowest BCUT2D eigenvalue weighted by Crippen LogP contribution is -2.44. The summed E-state index contributed by atoms with van der Waals surface area (Å²) in [5.41, 5.74) is 1.47. The predicted molar refractivity (Wildman–Crippen MR) is 94.8 cm³/mol. The van der Waals surface area contributed by atoms with Crippen LogP contribution >= 0.6 is 0 Å². The average molecular weight is 337 g/mol.